The summed E-state index contributed by atoms with van der Waals surface area (Å²) in [4.78, 5) is 0. The van der Waals surface area contributed by atoms with Crippen LogP contribution in [-0.4, -0.2) is 34.0 Å². The van der Waals surface area contributed by atoms with Crippen LogP contribution in [0.1, 0.15) is 40.0 Å². The maximum Gasteiger partial charge on any atom is 0.338 e. The van der Waals surface area contributed by atoms with E-state index in [9.17, 15) is 0 Å². The summed E-state index contributed by atoms with van der Waals surface area (Å²) in [6.07, 6.45) is 4.88. The van der Waals surface area contributed by atoms with Crippen molar-refractivity contribution in [2.24, 2.45) is 5.92 Å². The lowest BCUT2D eigenvalue weighted by Crippen LogP contribution is -2.46. The Morgan fingerprint density at radius 2 is 1.82 bits per heavy atom. The molecule has 1 saturated carbocycles. The minimum Gasteiger partial charge on any atom is -0.394 e. The molecule has 2 rings (SSSR count). The zero-order valence-corrected chi connectivity index (χ0v) is 12.6. The molecule has 17 heavy (non-hydrogen) atoms. The van der Waals surface area contributed by atoms with E-state index in [2.05, 4.69) is 27.3 Å². The molecule has 0 spiro atoms. The third-order valence-corrected chi connectivity index (χ3v) is 8.29. The average molecular weight is 258 g/mol. The van der Waals surface area contributed by atoms with Gasteiger partial charge in [0.15, 0.2) is 0 Å². The molecular formula is C13H26O3Si. The molecule has 4 unspecified atom stereocenters. The van der Waals surface area contributed by atoms with Crippen molar-refractivity contribution in [1.82, 2.24) is 0 Å². The second-order valence-corrected chi connectivity index (χ2v) is 8.98. The van der Waals surface area contributed by atoms with Crippen molar-refractivity contribution in [2.45, 2.75) is 64.3 Å². The normalized spacial score (nSPS) is 34.2. The zero-order valence-electron chi connectivity index (χ0n) is 11.6. The fraction of sp³-hybridized carbons (Fsp3) is 1.00. The van der Waals surface area contributed by atoms with Crippen molar-refractivity contribution < 1.29 is 13.6 Å². The third-order valence-electron chi connectivity index (χ3n) is 4.44. The van der Waals surface area contributed by atoms with Gasteiger partial charge >= 0.3 is 8.56 Å². The fourth-order valence-electron chi connectivity index (χ4n) is 3.20. The largest absolute Gasteiger partial charge is 0.394 e. The van der Waals surface area contributed by atoms with Gasteiger partial charge in [0.2, 0.25) is 0 Å². The molecule has 3 nitrogen and oxygen atoms in total. The second-order valence-electron chi connectivity index (χ2n) is 5.46. The minimum atomic E-state index is -2.01. The van der Waals surface area contributed by atoms with Gasteiger partial charge in [0.1, 0.15) is 0 Å². The molecule has 0 aromatic rings. The number of fused-ring (bicyclic) bond motifs is 1. The van der Waals surface area contributed by atoms with Gasteiger partial charge in [0, 0.05) is 18.8 Å². The van der Waals surface area contributed by atoms with Crippen LogP contribution >= 0.6 is 0 Å². The van der Waals surface area contributed by atoms with Crippen molar-refractivity contribution in [2.75, 3.05) is 13.2 Å². The number of hydrogen-bond donors (Lipinski definition) is 0. The number of rotatable bonds is 6. The zero-order chi connectivity index (χ0) is 12.5. The van der Waals surface area contributed by atoms with E-state index < -0.39 is 8.56 Å². The van der Waals surface area contributed by atoms with Crippen LogP contribution in [0.5, 0.6) is 0 Å². The SMILES string of the molecule is CCO[Si](C)(OCC)C(C)C1CCC2OC2C1. The van der Waals surface area contributed by atoms with Crippen LogP contribution in [0.3, 0.4) is 0 Å². The molecule has 0 aromatic heterocycles. The van der Waals surface area contributed by atoms with Gasteiger partial charge in [-0.3, -0.25) is 0 Å². The van der Waals surface area contributed by atoms with E-state index in [1.807, 2.05) is 0 Å². The molecular weight excluding hydrogens is 232 g/mol. The first kappa shape index (κ1) is 13.5. The quantitative estimate of drug-likeness (QED) is 0.542. The van der Waals surface area contributed by atoms with E-state index >= 15 is 0 Å². The summed E-state index contributed by atoms with van der Waals surface area (Å²) >= 11 is 0. The number of hydrogen-bond acceptors (Lipinski definition) is 3. The van der Waals surface area contributed by atoms with Gasteiger partial charge in [0.05, 0.1) is 12.2 Å². The highest BCUT2D eigenvalue weighted by molar-refractivity contribution is 6.67. The fourth-order valence-corrected chi connectivity index (χ4v) is 6.11. The Bertz CT molecular complexity index is 253. The summed E-state index contributed by atoms with van der Waals surface area (Å²) in [5.74, 6) is 0.730. The van der Waals surface area contributed by atoms with Gasteiger partial charge in [0.25, 0.3) is 0 Å². The Hall–Kier alpha value is 0.0969. The molecule has 0 radical (unpaired) electrons. The van der Waals surface area contributed by atoms with E-state index in [0.717, 1.165) is 19.1 Å². The van der Waals surface area contributed by atoms with Crippen LogP contribution in [0.25, 0.3) is 0 Å². The summed E-state index contributed by atoms with van der Waals surface area (Å²) < 4.78 is 17.6. The predicted molar refractivity (Wildman–Crippen MR) is 70.3 cm³/mol. The molecule has 2 aliphatic rings. The molecule has 1 heterocycles. The van der Waals surface area contributed by atoms with E-state index in [1.54, 1.807) is 0 Å². The minimum absolute atomic E-state index is 0.553. The van der Waals surface area contributed by atoms with E-state index in [-0.39, 0.29) is 0 Å². The Balaban J connectivity index is 1.96. The van der Waals surface area contributed by atoms with Crippen LogP contribution in [0.2, 0.25) is 12.1 Å². The predicted octanol–water partition coefficient (Wildman–Crippen LogP) is 3.09. The first-order valence-corrected chi connectivity index (χ1v) is 9.43. The van der Waals surface area contributed by atoms with Gasteiger partial charge in [-0.1, -0.05) is 6.92 Å². The first-order valence-electron chi connectivity index (χ1n) is 7.04. The monoisotopic (exact) mass is 258 g/mol. The second kappa shape index (κ2) is 5.39. The van der Waals surface area contributed by atoms with E-state index in [1.165, 1.54) is 19.3 Å². The maximum absolute atomic E-state index is 6.01. The summed E-state index contributed by atoms with van der Waals surface area (Å²) in [6, 6.07) is 0. The van der Waals surface area contributed by atoms with E-state index in [4.69, 9.17) is 13.6 Å². The van der Waals surface area contributed by atoms with Crippen LogP contribution < -0.4 is 0 Å². The van der Waals surface area contributed by atoms with Crippen molar-refractivity contribution in [3.05, 3.63) is 0 Å². The van der Waals surface area contributed by atoms with Crippen LogP contribution in [0.4, 0.5) is 0 Å². The molecule has 0 bridgehead atoms. The highest BCUT2D eigenvalue weighted by Crippen LogP contribution is 2.46. The Morgan fingerprint density at radius 1 is 1.18 bits per heavy atom. The van der Waals surface area contributed by atoms with Crippen molar-refractivity contribution in [1.29, 1.82) is 0 Å². The van der Waals surface area contributed by atoms with Crippen molar-refractivity contribution in [3.8, 4) is 0 Å². The summed E-state index contributed by atoms with van der Waals surface area (Å²) in [7, 11) is -2.01. The molecule has 1 aliphatic carbocycles. The lowest BCUT2D eigenvalue weighted by molar-refractivity contribution is 0.165. The first-order chi connectivity index (χ1) is 8.10. The summed E-state index contributed by atoms with van der Waals surface area (Å²) in [5.41, 5.74) is 0.563. The molecule has 0 amide bonds. The highest BCUT2D eigenvalue weighted by atomic mass is 28.4. The lowest BCUT2D eigenvalue weighted by Gasteiger charge is -2.37. The third kappa shape index (κ3) is 2.92. The van der Waals surface area contributed by atoms with Gasteiger partial charge in [-0.05, 0) is 45.6 Å². The number of ether oxygens (including phenoxy) is 1. The van der Waals surface area contributed by atoms with Gasteiger partial charge in [-0.2, -0.15) is 0 Å². The Labute approximate surface area is 106 Å². The van der Waals surface area contributed by atoms with Crippen LogP contribution in [0, 0.1) is 5.92 Å². The topological polar surface area (TPSA) is 31.0 Å². The lowest BCUT2D eigenvalue weighted by atomic mass is 9.87. The van der Waals surface area contributed by atoms with Gasteiger partial charge in [-0.25, -0.2) is 0 Å². The van der Waals surface area contributed by atoms with Crippen molar-refractivity contribution in [3.63, 3.8) is 0 Å². The molecule has 100 valence electrons. The molecule has 4 atom stereocenters. The number of epoxide rings is 1. The Kier molecular flexibility index (Phi) is 4.29. The highest BCUT2D eigenvalue weighted by Gasteiger charge is 2.50. The molecule has 0 N–H and O–H groups in total. The molecule has 0 aromatic carbocycles. The van der Waals surface area contributed by atoms with Gasteiger partial charge in [-0.15, -0.1) is 0 Å². The summed E-state index contributed by atoms with van der Waals surface area (Å²) in [6.45, 7) is 10.2. The smallest absolute Gasteiger partial charge is 0.338 e. The van der Waals surface area contributed by atoms with Crippen LogP contribution in [0.15, 0.2) is 0 Å². The summed E-state index contributed by atoms with van der Waals surface area (Å²) in [5, 5.41) is 0. The average Bonchev–Trinajstić information content (AvgIpc) is 3.06. The molecule has 1 saturated heterocycles. The Morgan fingerprint density at radius 3 is 2.35 bits per heavy atom. The standard InChI is InChI=1S/C13H26O3Si/c1-5-14-17(4,15-6-2)10(3)11-7-8-12-13(9-11)16-12/h10-13H,5-9H2,1-4H3. The van der Waals surface area contributed by atoms with Gasteiger partial charge < -0.3 is 13.6 Å². The molecule has 4 heteroatoms. The van der Waals surface area contributed by atoms with Crippen LogP contribution in [-0.2, 0) is 13.6 Å². The van der Waals surface area contributed by atoms with Crippen molar-refractivity contribution >= 4 is 8.56 Å². The van der Waals surface area contributed by atoms with E-state index in [0.29, 0.717) is 17.7 Å². The maximum atomic E-state index is 6.01. The molecule has 1 aliphatic heterocycles. The molecule has 2 fully saturated rings.